The van der Waals surface area contributed by atoms with Crippen LogP contribution in [0.1, 0.15) is 32.3 Å². The average molecular weight is 299 g/mol. The molecule has 0 saturated heterocycles. The Hall–Kier alpha value is -0.770. The summed E-state index contributed by atoms with van der Waals surface area (Å²) < 4.78 is 5.01. The van der Waals surface area contributed by atoms with Gasteiger partial charge in [0.25, 0.3) is 0 Å². The lowest BCUT2D eigenvalue weighted by Gasteiger charge is -2.23. The number of ether oxygens (including phenoxy) is 1. The number of benzene rings is 1. The largest absolute Gasteiger partial charge is 0.383 e. The molecule has 0 heterocycles. The van der Waals surface area contributed by atoms with E-state index >= 15 is 0 Å². The molecule has 0 fully saturated rings. The molecular weight excluding hydrogens is 272 g/mol. The van der Waals surface area contributed by atoms with E-state index in [4.69, 9.17) is 16.3 Å². The fraction of sp³-hybridized carbons (Fsp3) is 0.625. The van der Waals surface area contributed by atoms with Crippen molar-refractivity contribution in [2.24, 2.45) is 0 Å². The molecule has 0 atom stereocenters. The quantitative estimate of drug-likeness (QED) is 0.667. The molecule has 4 heteroatoms. The van der Waals surface area contributed by atoms with Crippen molar-refractivity contribution in [1.29, 1.82) is 0 Å². The average Bonchev–Trinajstić information content (AvgIpc) is 2.46. The van der Waals surface area contributed by atoms with E-state index in [-0.39, 0.29) is 0 Å². The Kier molecular flexibility index (Phi) is 8.67. The van der Waals surface area contributed by atoms with Gasteiger partial charge in [0.2, 0.25) is 0 Å². The molecule has 0 aliphatic rings. The number of hydrogen-bond donors (Lipinski definition) is 1. The van der Waals surface area contributed by atoms with Gasteiger partial charge in [0.05, 0.1) is 6.61 Å². The first-order valence-corrected chi connectivity index (χ1v) is 7.83. The molecular formula is C16H27ClN2O. The van der Waals surface area contributed by atoms with Gasteiger partial charge in [-0.05, 0) is 31.0 Å². The molecule has 3 nitrogen and oxygen atoms in total. The molecule has 20 heavy (non-hydrogen) atoms. The molecule has 0 spiro atoms. The molecule has 0 radical (unpaired) electrons. The van der Waals surface area contributed by atoms with Crippen LogP contribution in [0.25, 0.3) is 0 Å². The molecule has 0 bridgehead atoms. The number of hydrogen-bond acceptors (Lipinski definition) is 3. The number of unbranched alkanes of at least 4 members (excludes halogenated alkanes) is 1. The molecule has 0 amide bonds. The van der Waals surface area contributed by atoms with Gasteiger partial charge in [0.1, 0.15) is 0 Å². The summed E-state index contributed by atoms with van der Waals surface area (Å²) in [4.78, 5) is 2.37. The van der Waals surface area contributed by atoms with Crippen LogP contribution in [0.2, 0.25) is 5.02 Å². The van der Waals surface area contributed by atoms with E-state index in [0.29, 0.717) is 0 Å². The predicted octanol–water partition coefficient (Wildman–Crippen LogP) is 3.70. The number of nitrogens with zero attached hydrogens (tertiary/aromatic N) is 1. The summed E-state index contributed by atoms with van der Waals surface area (Å²) in [5.74, 6) is 0. The van der Waals surface area contributed by atoms with Gasteiger partial charge in [-0.3, -0.25) is 0 Å². The highest BCUT2D eigenvalue weighted by Gasteiger charge is 2.07. The Morgan fingerprint density at radius 3 is 2.70 bits per heavy atom. The lowest BCUT2D eigenvalue weighted by Crippen LogP contribution is -2.24. The van der Waals surface area contributed by atoms with Crippen LogP contribution in [0.15, 0.2) is 18.2 Å². The van der Waals surface area contributed by atoms with E-state index in [2.05, 4.69) is 42.3 Å². The summed E-state index contributed by atoms with van der Waals surface area (Å²) in [6.45, 7) is 8.85. The zero-order valence-electron chi connectivity index (χ0n) is 12.9. The van der Waals surface area contributed by atoms with E-state index in [1.807, 2.05) is 0 Å². The van der Waals surface area contributed by atoms with Crippen molar-refractivity contribution in [3.05, 3.63) is 28.8 Å². The predicted molar refractivity (Wildman–Crippen MR) is 87.8 cm³/mol. The number of methoxy groups -OCH3 is 1. The van der Waals surface area contributed by atoms with Crippen LogP contribution in [-0.2, 0) is 11.3 Å². The molecule has 1 rings (SSSR count). The van der Waals surface area contributed by atoms with Crippen molar-refractivity contribution in [2.45, 2.75) is 33.2 Å². The summed E-state index contributed by atoms with van der Waals surface area (Å²) in [5, 5.41) is 4.15. The van der Waals surface area contributed by atoms with Crippen molar-refractivity contribution in [1.82, 2.24) is 5.32 Å². The van der Waals surface area contributed by atoms with Crippen LogP contribution >= 0.6 is 11.6 Å². The summed E-state index contributed by atoms with van der Waals surface area (Å²) in [5.41, 5.74) is 2.35. The first-order chi connectivity index (χ1) is 9.72. The van der Waals surface area contributed by atoms with E-state index in [0.717, 1.165) is 43.4 Å². The standard InChI is InChI=1S/C16H27ClN2O/c1-4-6-10-19(5-2)15-8-7-14(16(17)12-15)13-18-9-11-20-3/h7-8,12,18H,4-6,9-11,13H2,1-3H3. The van der Waals surface area contributed by atoms with Gasteiger partial charge < -0.3 is 15.0 Å². The summed E-state index contributed by atoms with van der Waals surface area (Å²) in [6.07, 6.45) is 2.43. The normalized spacial score (nSPS) is 10.8. The van der Waals surface area contributed by atoms with Crippen molar-refractivity contribution in [2.75, 3.05) is 38.3 Å². The molecule has 1 aromatic carbocycles. The Balaban J connectivity index is 2.61. The second-order valence-electron chi connectivity index (χ2n) is 4.88. The smallest absolute Gasteiger partial charge is 0.0587 e. The van der Waals surface area contributed by atoms with Crippen molar-refractivity contribution < 1.29 is 4.74 Å². The summed E-state index contributed by atoms with van der Waals surface area (Å²) >= 11 is 6.38. The van der Waals surface area contributed by atoms with Crippen molar-refractivity contribution in [3.63, 3.8) is 0 Å². The monoisotopic (exact) mass is 298 g/mol. The van der Waals surface area contributed by atoms with E-state index in [1.54, 1.807) is 7.11 Å². The van der Waals surface area contributed by atoms with Crippen LogP contribution < -0.4 is 10.2 Å². The summed E-state index contributed by atoms with van der Waals surface area (Å²) in [7, 11) is 1.71. The fourth-order valence-electron chi connectivity index (χ4n) is 2.09. The Morgan fingerprint density at radius 1 is 1.30 bits per heavy atom. The third-order valence-corrected chi connectivity index (χ3v) is 3.72. The Morgan fingerprint density at radius 2 is 2.10 bits per heavy atom. The number of halogens is 1. The Bertz CT molecular complexity index is 385. The maximum absolute atomic E-state index is 6.38. The lowest BCUT2D eigenvalue weighted by molar-refractivity contribution is 0.199. The van der Waals surface area contributed by atoms with Gasteiger partial charge in [0.15, 0.2) is 0 Å². The van der Waals surface area contributed by atoms with Crippen LogP contribution in [0.3, 0.4) is 0 Å². The van der Waals surface area contributed by atoms with Crippen LogP contribution in [0, 0.1) is 0 Å². The summed E-state index contributed by atoms with van der Waals surface area (Å²) in [6, 6.07) is 6.36. The third-order valence-electron chi connectivity index (χ3n) is 3.36. The second kappa shape index (κ2) is 10.0. The van der Waals surface area contributed by atoms with Gasteiger partial charge in [0, 0.05) is 44.0 Å². The first kappa shape index (κ1) is 17.3. The molecule has 1 N–H and O–H groups in total. The molecule has 0 aromatic heterocycles. The minimum Gasteiger partial charge on any atom is -0.383 e. The van der Waals surface area contributed by atoms with Gasteiger partial charge in [-0.15, -0.1) is 0 Å². The zero-order chi connectivity index (χ0) is 14.8. The molecule has 114 valence electrons. The molecule has 0 aliphatic carbocycles. The minimum absolute atomic E-state index is 0.719. The van der Waals surface area contributed by atoms with Gasteiger partial charge in [-0.2, -0.15) is 0 Å². The molecule has 0 aliphatic heterocycles. The highest BCUT2D eigenvalue weighted by atomic mass is 35.5. The lowest BCUT2D eigenvalue weighted by atomic mass is 10.1. The topological polar surface area (TPSA) is 24.5 Å². The van der Waals surface area contributed by atoms with Gasteiger partial charge in [-0.1, -0.05) is 31.0 Å². The number of rotatable bonds is 10. The minimum atomic E-state index is 0.719. The highest BCUT2D eigenvalue weighted by Crippen LogP contribution is 2.24. The zero-order valence-corrected chi connectivity index (χ0v) is 13.7. The van der Waals surface area contributed by atoms with Crippen LogP contribution in [0.5, 0.6) is 0 Å². The van der Waals surface area contributed by atoms with Crippen molar-refractivity contribution >= 4 is 17.3 Å². The fourth-order valence-corrected chi connectivity index (χ4v) is 2.33. The van der Waals surface area contributed by atoms with E-state index in [1.165, 1.54) is 18.5 Å². The van der Waals surface area contributed by atoms with E-state index < -0.39 is 0 Å². The van der Waals surface area contributed by atoms with Gasteiger partial charge >= 0.3 is 0 Å². The number of anilines is 1. The van der Waals surface area contributed by atoms with Gasteiger partial charge in [-0.25, -0.2) is 0 Å². The third kappa shape index (κ3) is 5.70. The van der Waals surface area contributed by atoms with Crippen molar-refractivity contribution in [3.8, 4) is 0 Å². The highest BCUT2D eigenvalue weighted by molar-refractivity contribution is 6.31. The first-order valence-electron chi connectivity index (χ1n) is 7.45. The molecule has 1 aromatic rings. The van der Waals surface area contributed by atoms with Crippen LogP contribution in [0.4, 0.5) is 5.69 Å². The van der Waals surface area contributed by atoms with Crippen LogP contribution in [-0.4, -0.2) is 33.4 Å². The Labute approximate surface area is 128 Å². The van der Waals surface area contributed by atoms with E-state index in [9.17, 15) is 0 Å². The second-order valence-corrected chi connectivity index (χ2v) is 5.29. The molecule has 0 saturated carbocycles. The SMILES string of the molecule is CCCCN(CC)c1ccc(CNCCOC)c(Cl)c1. The number of nitrogens with one attached hydrogen (secondary N) is 1. The maximum atomic E-state index is 6.38. The molecule has 0 unspecified atom stereocenters. The maximum Gasteiger partial charge on any atom is 0.0587 e.